The Kier molecular flexibility index (Phi) is 2.65. The van der Waals surface area contributed by atoms with Gasteiger partial charge in [0.2, 0.25) is 0 Å². The number of halogens is 1. The zero-order valence-corrected chi connectivity index (χ0v) is 12.7. The Morgan fingerprint density at radius 3 is 2.95 bits per heavy atom. The van der Waals surface area contributed by atoms with Crippen molar-refractivity contribution in [1.82, 2.24) is 20.0 Å². The summed E-state index contributed by atoms with van der Waals surface area (Å²) in [6.07, 6.45) is 1.09. The van der Waals surface area contributed by atoms with E-state index in [4.69, 9.17) is 0 Å². The first-order valence-corrected chi connectivity index (χ1v) is 7.57. The Hall–Kier alpha value is -1.40. The molecule has 2 atom stereocenters. The van der Waals surface area contributed by atoms with E-state index in [1.165, 1.54) is 0 Å². The van der Waals surface area contributed by atoms with E-state index in [0.29, 0.717) is 17.8 Å². The molecule has 20 heavy (non-hydrogen) atoms. The number of likely N-dealkylation sites (tertiary alicyclic amines) is 2. The fraction of sp³-hybridized carbons (Fsp3) is 0.429. The van der Waals surface area contributed by atoms with E-state index < -0.39 is 0 Å². The van der Waals surface area contributed by atoms with E-state index in [1.807, 2.05) is 23.1 Å². The van der Waals surface area contributed by atoms with Crippen molar-refractivity contribution in [3.63, 3.8) is 0 Å². The third-order valence-electron chi connectivity index (χ3n) is 4.50. The molecule has 2 aliphatic rings. The lowest BCUT2D eigenvalue weighted by Gasteiger charge is -2.31. The largest absolute Gasteiger partial charge is 0.331 e. The van der Waals surface area contributed by atoms with Crippen molar-refractivity contribution in [2.75, 3.05) is 20.1 Å². The third kappa shape index (κ3) is 1.71. The van der Waals surface area contributed by atoms with Crippen molar-refractivity contribution in [3.8, 4) is 0 Å². The maximum Gasteiger partial charge on any atom is 0.275 e. The van der Waals surface area contributed by atoms with Crippen LogP contribution >= 0.6 is 15.9 Å². The summed E-state index contributed by atoms with van der Waals surface area (Å²) in [4.78, 5) is 17.1. The van der Waals surface area contributed by atoms with Crippen LogP contribution in [-0.4, -0.2) is 58.1 Å². The fourth-order valence-corrected chi connectivity index (χ4v) is 3.76. The summed E-state index contributed by atoms with van der Waals surface area (Å²) in [7, 11) is 2.13. The molecule has 6 heteroatoms. The number of aromatic amines is 1. The highest BCUT2D eigenvalue weighted by Gasteiger charge is 2.44. The summed E-state index contributed by atoms with van der Waals surface area (Å²) in [5.74, 6) is 0.0509. The minimum absolute atomic E-state index is 0.0509. The van der Waals surface area contributed by atoms with Gasteiger partial charge in [-0.25, -0.2) is 0 Å². The van der Waals surface area contributed by atoms with E-state index in [-0.39, 0.29) is 5.91 Å². The number of likely N-dealkylation sites (N-methyl/N-ethyl adjacent to an activating group) is 1. The van der Waals surface area contributed by atoms with Crippen molar-refractivity contribution in [3.05, 3.63) is 28.4 Å². The molecule has 104 valence electrons. The number of carbonyl (C=O) groups excluding carboxylic acids is 1. The number of benzene rings is 1. The Bertz CT molecular complexity index is 696. The topological polar surface area (TPSA) is 52.2 Å². The average molecular weight is 335 g/mol. The molecule has 0 spiro atoms. The molecule has 1 aromatic heterocycles. The van der Waals surface area contributed by atoms with Gasteiger partial charge in [-0.3, -0.25) is 14.8 Å². The van der Waals surface area contributed by atoms with Gasteiger partial charge in [0.05, 0.1) is 5.52 Å². The minimum Gasteiger partial charge on any atom is -0.331 e. The first-order valence-electron chi connectivity index (χ1n) is 6.78. The third-order valence-corrected chi connectivity index (χ3v) is 5.00. The van der Waals surface area contributed by atoms with Crippen LogP contribution in [0.2, 0.25) is 0 Å². The molecule has 2 fully saturated rings. The summed E-state index contributed by atoms with van der Waals surface area (Å²) in [5.41, 5.74) is 1.44. The van der Waals surface area contributed by atoms with Crippen LogP contribution in [0.1, 0.15) is 16.9 Å². The number of carbonyl (C=O) groups is 1. The highest BCUT2D eigenvalue weighted by molar-refractivity contribution is 9.10. The average Bonchev–Trinajstić information content (AvgIpc) is 3.09. The number of amides is 1. The van der Waals surface area contributed by atoms with E-state index >= 15 is 0 Å². The van der Waals surface area contributed by atoms with Gasteiger partial charge in [0.1, 0.15) is 0 Å². The molecular formula is C14H15BrN4O. The maximum absolute atomic E-state index is 12.7. The number of piperazine rings is 1. The molecule has 4 rings (SSSR count). The van der Waals surface area contributed by atoms with Gasteiger partial charge in [-0.1, -0.05) is 15.9 Å². The number of H-pyrrole nitrogens is 1. The molecule has 0 saturated carbocycles. The van der Waals surface area contributed by atoms with Crippen LogP contribution in [0.5, 0.6) is 0 Å². The van der Waals surface area contributed by atoms with Crippen LogP contribution in [-0.2, 0) is 0 Å². The number of aromatic nitrogens is 2. The summed E-state index contributed by atoms with van der Waals surface area (Å²) >= 11 is 3.45. The number of fused-ring (bicyclic) bond motifs is 3. The van der Waals surface area contributed by atoms with Crippen molar-refractivity contribution in [1.29, 1.82) is 0 Å². The Morgan fingerprint density at radius 2 is 2.25 bits per heavy atom. The highest BCUT2D eigenvalue weighted by atomic mass is 79.9. The highest BCUT2D eigenvalue weighted by Crippen LogP contribution is 2.31. The number of hydrogen-bond donors (Lipinski definition) is 1. The zero-order valence-electron chi connectivity index (χ0n) is 11.1. The van der Waals surface area contributed by atoms with Crippen LogP contribution < -0.4 is 0 Å². The standard InChI is InChI=1S/C14H15BrN4O/c1-18-6-10-5-9(18)7-19(10)14(20)13-11-4-8(15)2-3-12(11)16-17-13/h2-4,9-10H,5-7H2,1H3,(H,16,17). The zero-order chi connectivity index (χ0) is 13.9. The molecule has 5 nitrogen and oxygen atoms in total. The maximum atomic E-state index is 12.7. The van der Waals surface area contributed by atoms with Crippen molar-refractivity contribution in [2.24, 2.45) is 0 Å². The number of hydrogen-bond acceptors (Lipinski definition) is 3. The second-order valence-electron chi connectivity index (χ2n) is 5.70. The summed E-state index contributed by atoms with van der Waals surface area (Å²) < 4.78 is 0.961. The molecule has 1 aromatic carbocycles. The first kappa shape index (κ1) is 12.3. The number of rotatable bonds is 1. The van der Waals surface area contributed by atoms with Crippen LogP contribution in [0.25, 0.3) is 10.9 Å². The quantitative estimate of drug-likeness (QED) is 0.865. The summed E-state index contributed by atoms with van der Waals surface area (Å²) in [6, 6.07) is 6.69. The molecule has 2 bridgehead atoms. The van der Waals surface area contributed by atoms with E-state index in [0.717, 1.165) is 34.9 Å². The first-order chi connectivity index (χ1) is 9.63. The lowest BCUT2D eigenvalue weighted by molar-refractivity contribution is 0.0646. The monoisotopic (exact) mass is 334 g/mol. The second-order valence-corrected chi connectivity index (χ2v) is 6.62. The van der Waals surface area contributed by atoms with Gasteiger partial charge in [0.25, 0.3) is 5.91 Å². The normalized spacial score (nSPS) is 25.8. The second kappa shape index (κ2) is 4.30. The van der Waals surface area contributed by atoms with Crippen LogP contribution in [0, 0.1) is 0 Å². The molecule has 3 heterocycles. The van der Waals surface area contributed by atoms with Gasteiger partial charge < -0.3 is 4.90 Å². The van der Waals surface area contributed by atoms with Crippen LogP contribution in [0.3, 0.4) is 0 Å². The summed E-state index contributed by atoms with van der Waals surface area (Å²) in [6.45, 7) is 1.80. The molecule has 0 aliphatic carbocycles. The van der Waals surface area contributed by atoms with Gasteiger partial charge in [-0.15, -0.1) is 0 Å². The molecular weight excluding hydrogens is 320 g/mol. The molecule has 2 saturated heterocycles. The van der Waals surface area contributed by atoms with Crippen molar-refractivity contribution >= 4 is 32.7 Å². The lowest BCUT2D eigenvalue weighted by Crippen LogP contribution is -2.47. The van der Waals surface area contributed by atoms with Gasteiger partial charge in [-0.05, 0) is 31.7 Å². The molecule has 1 amide bonds. The van der Waals surface area contributed by atoms with Crippen LogP contribution in [0.15, 0.2) is 22.7 Å². The van der Waals surface area contributed by atoms with Gasteiger partial charge in [0.15, 0.2) is 5.69 Å². The Morgan fingerprint density at radius 1 is 1.40 bits per heavy atom. The van der Waals surface area contributed by atoms with Gasteiger partial charge in [-0.2, -0.15) is 5.10 Å². The SMILES string of the molecule is CN1CC2CC1CN2C(=O)c1n[nH]c2ccc(Br)cc12. The molecule has 2 unspecified atom stereocenters. The van der Waals surface area contributed by atoms with E-state index in [9.17, 15) is 4.79 Å². The van der Waals surface area contributed by atoms with E-state index in [2.05, 4.69) is 38.1 Å². The predicted molar refractivity (Wildman–Crippen MR) is 79.7 cm³/mol. The smallest absolute Gasteiger partial charge is 0.275 e. The van der Waals surface area contributed by atoms with E-state index in [1.54, 1.807) is 0 Å². The lowest BCUT2D eigenvalue weighted by atomic mass is 10.2. The minimum atomic E-state index is 0.0509. The van der Waals surface area contributed by atoms with Gasteiger partial charge >= 0.3 is 0 Å². The van der Waals surface area contributed by atoms with Crippen LogP contribution in [0.4, 0.5) is 0 Å². The molecule has 2 aromatic rings. The molecule has 0 radical (unpaired) electrons. The summed E-state index contributed by atoms with van der Waals surface area (Å²) in [5, 5.41) is 8.07. The number of nitrogens with zero attached hydrogens (tertiary/aromatic N) is 3. The molecule has 1 N–H and O–H groups in total. The Labute approximate surface area is 125 Å². The fourth-order valence-electron chi connectivity index (χ4n) is 3.40. The number of nitrogens with one attached hydrogen (secondary N) is 1. The van der Waals surface area contributed by atoms with Gasteiger partial charge in [0, 0.05) is 35.0 Å². The van der Waals surface area contributed by atoms with Crippen molar-refractivity contribution in [2.45, 2.75) is 18.5 Å². The van der Waals surface area contributed by atoms with Crippen molar-refractivity contribution < 1.29 is 4.79 Å². The predicted octanol–water partition coefficient (Wildman–Crippen LogP) is 1.85. The molecule has 2 aliphatic heterocycles. The Balaban J connectivity index is 1.70.